The van der Waals surface area contributed by atoms with Crippen molar-refractivity contribution < 1.29 is 8.42 Å². The Morgan fingerprint density at radius 1 is 1.14 bits per heavy atom. The van der Waals surface area contributed by atoms with E-state index in [1.54, 1.807) is 21.1 Å². The Morgan fingerprint density at radius 3 is 2.48 bits per heavy atom. The molecule has 1 aliphatic heterocycles. The maximum atomic E-state index is 12.7. The van der Waals surface area contributed by atoms with Gasteiger partial charge in [0.25, 0.3) is 0 Å². The molecule has 0 saturated carbocycles. The zero-order chi connectivity index (χ0) is 20.7. The number of hydrogen-bond acceptors (Lipinski definition) is 5. The molecule has 1 aliphatic rings. The molecular weight excluding hydrogens is 390 g/mol. The Hall–Kier alpha value is -2.46. The predicted molar refractivity (Wildman–Crippen MR) is 112 cm³/mol. The lowest BCUT2D eigenvalue weighted by atomic mass is 10.2. The van der Waals surface area contributed by atoms with E-state index in [-0.39, 0.29) is 0 Å². The van der Waals surface area contributed by atoms with Crippen LogP contribution in [0.2, 0.25) is 0 Å². The van der Waals surface area contributed by atoms with E-state index in [0.29, 0.717) is 37.0 Å². The van der Waals surface area contributed by atoms with Gasteiger partial charge in [-0.3, -0.25) is 4.68 Å². The third-order valence-electron chi connectivity index (χ3n) is 4.86. The monoisotopic (exact) mass is 419 g/mol. The highest BCUT2D eigenvalue weighted by Gasteiger charge is 2.25. The predicted octanol–water partition coefficient (Wildman–Crippen LogP) is 1.25. The molecule has 0 amide bonds. The molecule has 3 rings (SSSR count). The summed E-state index contributed by atoms with van der Waals surface area (Å²) in [5.41, 5.74) is 0.943. The van der Waals surface area contributed by atoms with Gasteiger partial charge in [-0.05, 0) is 37.5 Å². The van der Waals surface area contributed by atoms with Crippen molar-refractivity contribution in [2.75, 3.05) is 19.6 Å². The van der Waals surface area contributed by atoms with Gasteiger partial charge in [0.2, 0.25) is 10.0 Å². The lowest BCUT2D eigenvalue weighted by molar-refractivity contribution is 0.346. The van der Waals surface area contributed by atoms with Crippen LogP contribution in [0.5, 0.6) is 0 Å². The molecule has 0 atom stereocenters. The fourth-order valence-corrected chi connectivity index (χ4v) is 4.69. The maximum Gasteiger partial charge on any atom is 0.243 e. The van der Waals surface area contributed by atoms with Gasteiger partial charge in [0.15, 0.2) is 5.96 Å². The Kier molecular flexibility index (Phi) is 7.21. The van der Waals surface area contributed by atoms with E-state index in [4.69, 9.17) is 0 Å². The van der Waals surface area contributed by atoms with Gasteiger partial charge in [-0.2, -0.15) is 9.40 Å². The summed E-state index contributed by atoms with van der Waals surface area (Å²) in [6.07, 6.45) is 4.48. The number of nitrogens with zero attached hydrogens (tertiary/aromatic N) is 5. The highest BCUT2D eigenvalue weighted by molar-refractivity contribution is 7.89. The van der Waals surface area contributed by atoms with Gasteiger partial charge in [-0.15, -0.1) is 0 Å². The normalized spacial score (nSPS) is 16.0. The van der Waals surface area contributed by atoms with Crippen LogP contribution in [0.1, 0.15) is 37.6 Å². The summed E-state index contributed by atoms with van der Waals surface area (Å²) in [5.74, 6) is 1.48. The second kappa shape index (κ2) is 9.84. The minimum Gasteiger partial charge on any atom is -0.357 e. The lowest BCUT2D eigenvalue weighted by Crippen LogP contribution is -2.37. The fraction of sp³-hybridized carbons (Fsp3) is 0.526. The van der Waals surface area contributed by atoms with E-state index >= 15 is 0 Å². The molecule has 1 fully saturated rings. The number of aliphatic imine (C=N–C) groups is 1. The zero-order valence-electron chi connectivity index (χ0n) is 17.0. The van der Waals surface area contributed by atoms with Gasteiger partial charge >= 0.3 is 0 Å². The van der Waals surface area contributed by atoms with Gasteiger partial charge in [0.05, 0.1) is 18.0 Å². The van der Waals surface area contributed by atoms with Crippen LogP contribution in [0, 0.1) is 0 Å². The summed E-state index contributed by atoms with van der Waals surface area (Å²) in [6, 6.07) is 7.00. The molecule has 158 valence electrons. The molecule has 0 unspecified atom stereocenters. The lowest BCUT2D eigenvalue weighted by Gasteiger charge is -2.25. The topological polar surface area (TPSA) is 105 Å². The number of piperidine rings is 1. The Labute approximate surface area is 172 Å². The molecular formula is C19H29N7O2S. The first-order chi connectivity index (χ1) is 14.0. The third-order valence-corrected chi connectivity index (χ3v) is 6.77. The number of aromatic nitrogens is 3. The molecule has 2 aromatic rings. The van der Waals surface area contributed by atoms with Crippen molar-refractivity contribution in [1.82, 2.24) is 29.7 Å². The number of nitrogens with one attached hydrogen (secondary N) is 2. The molecule has 9 nitrogen and oxygen atoms in total. The van der Waals surface area contributed by atoms with Gasteiger partial charge in [-0.25, -0.2) is 18.4 Å². The van der Waals surface area contributed by atoms with Crippen LogP contribution >= 0.6 is 0 Å². The molecule has 0 spiro atoms. The van der Waals surface area contributed by atoms with E-state index in [2.05, 4.69) is 25.7 Å². The zero-order valence-corrected chi connectivity index (χ0v) is 17.8. The Bertz CT molecular complexity index is 916. The van der Waals surface area contributed by atoms with E-state index in [0.717, 1.165) is 37.2 Å². The first-order valence-electron chi connectivity index (χ1n) is 9.95. The van der Waals surface area contributed by atoms with Crippen molar-refractivity contribution >= 4 is 16.0 Å². The molecule has 1 aromatic carbocycles. The second-order valence-electron chi connectivity index (χ2n) is 6.96. The van der Waals surface area contributed by atoms with Crippen LogP contribution in [-0.4, -0.2) is 53.1 Å². The number of guanidine groups is 1. The van der Waals surface area contributed by atoms with Crippen LogP contribution in [0.3, 0.4) is 0 Å². The average molecular weight is 420 g/mol. The molecule has 0 aliphatic carbocycles. The second-order valence-corrected chi connectivity index (χ2v) is 8.90. The minimum absolute atomic E-state index is 0.347. The third kappa shape index (κ3) is 5.54. The maximum absolute atomic E-state index is 12.7. The Morgan fingerprint density at radius 2 is 1.86 bits per heavy atom. The summed E-state index contributed by atoms with van der Waals surface area (Å²) in [4.78, 5) is 9.10. The smallest absolute Gasteiger partial charge is 0.243 e. The number of benzene rings is 1. The summed E-state index contributed by atoms with van der Waals surface area (Å²) in [6.45, 7) is 4.90. The number of hydrogen-bond donors (Lipinski definition) is 2. The molecule has 1 saturated heterocycles. The van der Waals surface area contributed by atoms with Gasteiger partial charge in [0, 0.05) is 26.7 Å². The summed E-state index contributed by atoms with van der Waals surface area (Å²) in [5, 5.41) is 10.5. The van der Waals surface area contributed by atoms with Crippen LogP contribution in [-0.2, 0) is 30.2 Å². The van der Waals surface area contributed by atoms with Crippen LogP contribution in [0.15, 0.2) is 40.5 Å². The van der Waals surface area contributed by atoms with E-state index in [1.807, 2.05) is 26.1 Å². The van der Waals surface area contributed by atoms with Crippen LogP contribution in [0.25, 0.3) is 0 Å². The highest BCUT2D eigenvalue weighted by atomic mass is 32.2. The summed E-state index contributed by atoms with van der Waals surface area (Å²) in [7, 11) is -1.56. The van der Waals surface area contributed by atoms with Gasteiger partial charge in [0.1, 0.15) is 12.2 Å². The summed E-state index contributed by atoms with van der Waals surface area (Å²) < 4.78 is 28.8. The first-order valence-corrected chi connectivity index (χ1v) is 11.4. The van der Waals surface area contributed by atoms with E-state index < -0.39 is 10.0 Å². The first kappa shape index (κ1) is 21.3. The largest absolute Gasteiger partial charge is 0.357 e. The number of rotatable bonds is 7. The van der Waals surface area contributed by atoms with Gasteiger partial charge in [-0.1, -0.05) is 18.6 Å². The molecule has 29 heavy (non-hydrogen) atoms. The number of sulfonamides is 1. The van der Waals surface area contributed by atoms with Crippen LogP contribution in [0.4, 0.5) is 0 Å². The SMILES string of the molecule is CCNC(=NCc1ccc(S(=O)(=O)N2CCCCC2)cc1)NCc1ncnn1C. The molecule has 0 bridgehead atoms. The van der Waals surface area contributed by atoms with E-state index in [9.17, 15) is 8.42 Å². The average Bonchev–Trinajstić information content (AvgIpc) is 3.16. The summed E-state index contributed by atoms with van der Waals surface area (Å²) >= 11 is 0. The molecule has 2 heterocycles. The minimum atomic E-state index is -3.40. The van der Waals surface area contributed by atoms with Crippen molar-refractivity contribution in [3.63, 3.8) is 0 Å². The quantitative estimate of drug-likeness (QED) is 0.517. The van der Waals surface area contributed by atoms with Crippen molar-refractivity contribution in [3.05, 3.63) is 42.0 Å². The highest BCUT2D eigenvalue weighted by Crippen LogP contribution is 2.21. The molecule has 2 N–H and O–H groups in total. The fourth-order valence-electron chi connectivity index (χ4n) is 3.18. The molecule has 10 heteroatoms. The number of aryl methyl sites for hydroxylation is 1. The standard InChI is InChI=1S/C19H29N7O2S/c1-3-20-19(22-14-18-23-15-24-25(18)2)21-13-16-7-9-17(10-8-16)29(27,28)26-11-5-4-6-12-26/h7-10,15H,3-6,11-14H2,1-2H3,(H2,20,21,22). The van der Waals surface area contributed by atoms with Crippen LogP contribution < -0.4 is 10.6 Å². The van der Waals surface area contributed by atoms with E-state index in [1.165, 1.54) is 6.33 Å². The van der Waals surface area contributed by atoms with Gasteiger partial charge < -0.3 is 10.6 Å². The molecule has 1 aromatic heterocycles. The molecule has 0 radical (unpaired) electrons. The van der Waals surface area contributed by atoms with Crippen molar-refractivity contribution in [2.45, 2.75) is 44.2 Å². The Balaban J connectivity index is 1.63. The van der Waals surface area contributed by atoms with Crippen molar-refractivity contribution in [1.29, 1.82) is 0 Å². The van der Waals surface area contributed by atoms with Crippen molar-refractivity contribution in [3.8, 4) is 0 Å². The van der Waals surface area contributed by atoms with Crippen molar-refractivity contribution in [2.24, 2.45) is 12.0 Å².